The van der Waals surface area contributed by atoms with Crippen molar-refractivity contribution in [2.24, 2.45) is 11.8 Å². The summed E-state index contributed by atoms with van der Waals surface area (Å²) in [6.45, 7) is 12.6. The lowest BCUT2D eigenvalue weighted by atomic mass is 10.2. The number of hydrogen-bond donors (Lipinski definition) is 0. The van der Waals surface area contributed by atoms with Crippen molar-refractivity contribution in [1.82, 2.24) is 0 Å². The van der Waals surface area contributed by atoms with E-state index in [1.54, 1.807) is 13.8 Å². The fourth-order valence-electron chi connectivity index (χ4n) is 1.50. The Labute approximate surface area is 135 Å². The van der Waals surface area contributed by atoms with Crippen LogP contribution in [-0.4, -0.2) is 38.8 Å². The van der Waals surface area contributed by atoms with Crippen LogP contribution < -0.4 is 0 Å². The summed E-state index contributed by atoms with van der Waals surface area (Å²) in [4.78, 5) is 0. The van der Waals surface area contributed by atoms with Crippen LogP contribution in [0.1, 0.15) is 41.5 Å². The third-order valence-electron chi connectivity index (χ3n) is 2.51. The highest BCUT2D eigenvalue weighted by Crippen LogP contribution is 2.55. The van der Waals surface area contributed by atoms with Crippen LogP contribution in [0.25, 0.3) is 0 Å². The van der Waals surface area contributed by atoms with Crippen molar-refractivity contribution in [2.45, 2.75) is 41.5 Å². The van der Waals surface area contributed by atoms with Gasteiger partial charge in [-0.05, 0) is 25.7 Å². The Balaban J connectivity index is 4.79. The Morgan fingerprint density at radius 2 is 1.00 bits per heavy atom. The van der Waals surface area contributed by atoms with E-state index in [9.17, 15) is 9.13 Å². The average molecular weight is 358 g/mol. The minimum atomic E-state index is -3.30. The van der Waals surface area contributed by atoms with E-state index in [-0.39, 0.29) is 37.4 Å². The third kappa shape index (κ3) is 10.1. The van der Waals surface area contributed by atoms with Crippen LogP contribution in [0.5, 0.6) is 0 Å². The van der Waals surface area contributed by atoms with Gasteiger partial charge in [-0.15, -0.1) is 0 Å². The molecule has 22 heavy (non-hydrogen) atoms. The summed E-state index contributed by atoms with van der Waals surface area (Å²) in [5.74, 6) is 0.475. The molecule has 0 N–H and O–H groups in total. The Morgan fingerprint density at radius 3 is 1.27 bits per heavy atom. The second-order valence-corrected chi connectivity index (χ2v) is 10.3. The van der Waals surface area contributed by atoms with E-state index in [2.05, 4.69) is 0 Å². The summed E-state index contributed by atoms with van der Waals surface area (Å²) < 4.78 is 46.7. The van der Waals surface area contributed by atoms with E-state index < -0.39 is 15.2 Å². The normalized spacial score (nSPS) is 13.3. The first-order chi connectivity index (χ1) is 10.2. The van der Waals surface area contributed by atoms with Gasteiger partial charge in [0, 0.05) is 0 Å². The summed E-state index contributed by atoms with van der Waals surface area (Å²) in [7, 11) is -6.55. The Kier molecular flexibility index (Phi) is 11.1. The molecule has 0 bridgehead atoms. The summed E-state index contributed by atoms with van der Waals surface area (Å²) >= 11 is 0. The second kappa shape index (κ2) is 11.0. The zero-order chi connectivity index (χ0) is 17.2. The molecule has 0 amide bonds. The minimum absolute atomic E-state index is 0.0299. The predicted molar refractivity (Wildman–Crippen MR) is 89.8 cm³/mol. The molecule has 8 heteroatoms. The molecule has 0 aromatic rings. The summed E-state index contributed by atoms with van der Waals surface area (Å²) in [5.41, 5.74) is 0. The molecule has 0 fully saturated rings. The van der Waals surface area contributed by atoms with Gasteiger partial charge in [0.05, 0.1) is 38.8 Å². The molecule has 0 aromatic heterocycles. The van der Waals surface area contributed by atoms with Crippen molar-refractivity contribution >= 4 is 15.2 Å². The molecule has 0 aromatic carbocycles. The lowest BCUT2D eigenvalue weighted by molar-refractivity contribution is 0.172. The predicted octanol–water partition coefficient (Wildman–Crippen LogP) is 4.79. The van der Waals surface area contributed by atoms with E-state index in [0.29, 0.717) is 13.2 Å². The van der Waals surface area contributed by atoms with Crippen LogP contribution in [0, 0.1) is 11.8 Å². The van der Waals surface area contributed by atoms with Crippen molar-refractivity contribution in [2.75, 3.05) is 38.8 Å². The van der Waals surface area contributed by atoms with Crippen LogP contribution >= 0.6 is 15.2 Å². The fraction of sp³-hybridized carbons (Fsp3) is 1.00. The quantitative estimate of drug-likeness (QED) is 0.441. The van der Waals surface area contributed by atoms with E-state index in [0.717, 1.165) is 0 Å². The SMILES string of the molecule is CCOP(=O)(CCP(=O)(OCC(C)C)OCC(C)C)OCC. The maximum absolute atomic E-state index is 12.8. The molecular weight excluding hydrogens is 326 g/mol. The highest BCUT2D eigenvalue weighted by Gasteiger charge is 2.32. The van der Waals surface area contributed by atoms with E-state index in [4.69, 9.17) is 18.1 Å². The third-order valence-corrected chi connectivity index (χ3v) is 6.79. The molecule has 0 spiro atoms. The Morgan fingerprint density at radius 1 is 0.682 bits per heavy atom. The summed E-state index contributed by atoms with van der Waals surface area (Å²) in [5, 5.41) is 0. The van der Waals surface area contributed by atoms with Crippen molar-refractivity contribution < 1.29 is 27.2 Å². The number of hydrogen-bond acceptors (Lipinski definition) is 6. The molecule has 0 heterocycles. The van der Waals surface area contributed by atoms with Gasteiger partial charge in [0.15, 0.2) is 0 Å². The fourth-order valence-corrected chi connectivity index (χ4v) is 5.96. The van der Waals surface area contributed by atoms with Gasteiger partial charge in [0.25, 0.3) is 0 Å². The maximum Gasteiger partial charge on any atom is 0.331 e. The first-order valence-electron chi connectivity index (χ1n) is 7.92. The van der Waals surface area contributed by atoms with Gasteiger partial charge in [-0.2, -0.15) is 0 Å². The van der Waals surface area contributed by atoms with Crippen LogP contribution in [0.4, 0.5) is 0 Å². The molecule has 0 saturated carbocycles. The van der Waals surface area contributed by atoms with Crippen molar-refractivity contribution in [3.8, 4) is 0 Å². The highest BCUT2D eigenvalue weighted by molar-refractivity contribution is 7.58. The Bertz CT molecular complexity index is 358. The van der Waals surface area contributed by atoms with Gasteiger partial charge in [0.2, 0.25) is 0 Å². The van der Waals surface area contributed by atoms with Crippen molar-refractivity contribution in [1.29, 1.82) is 0 Å². The topological polar surface area (TPSA) is 71.1 Å². The lowest BCUT2D eigenvalue weighted by Gasteiger charge is -2.23. The van der Waals surface area contributed by atoms with Gasteiger partial charge in [-0.25, -0.2) is 0 Å². The first kappa shape index (κ1) is 22.3. The first-order valence-corrected chi connectivity index (χ1v) is 11.4. The average Bonchev–Trinajstić information content (AvgIpc) is 2.42. The minimum Gasteiger partial charge on any atom is -0.309 e. The van der Waals surface area contributed by atoms with Crippen LogP contribution in [0.15, 0.2) is 0 Å². The zero-order valence-corrected chi connectivity index (χ0v) is 16.5. The maximum atomic E-state index is 12.8. The highest BCUT2D eigenvalue weighted by atomic mass is 31.2. The summed E-state index contributed by atoms with van der Waals surface area (Å²) in [6.07, 6.45) is 0.0614. The second-order valence-electron chi connectivity index (χ2n) is 5.88. The molecule has 0 radical (unpaired) electrons. The molecule has 0 aliphatic rings. The van der Waals surface area contributed by atoms with E-state index in [1.807, 2.05) is 27.7 Å². The monoisotopic (exact) mass is 358 g/mol. The zero-order valence-electron chi connectivity index (χ0n) is 14.7. The van der Waals surface area contributed by atoms with Crippen LogP contribution in [0.2, 0.25) is 0 Å². The van der Waals surface area contributed by atoms with Crippen LogP contribution in [-0.2, 0) is 27.2 Å². The Hall–Kier alpha value is 0.300. The van der Waals surface area contributed by atoms with Gasteiger partial charge < -0.3 is 18.1 Å². The molecular formula is C14H32O6P2. The van der Waals surface area contributed by atoms with Gasteiger partial charge in [-0.3, -0.25) is 9.13 Å². The molecule has 0 aliphatic heterocycles. The molecule has 6 nitrogen and oxygen atoms in total. The van der Waals surface area contributed by atoms with Gasteiger partial charge in [0.1, 0.15) is 0 Å². The molecule has 0 aliphatic carbocycles. The molecule has 0 rings (SSSR count). The van der Waals surface area contributed by atoms with Crippen molar-refractivity contribution in [3.05, 3.63) is 0 Å². The van der Waals surface area contributed by atoms with Crippen LogP contribution in [0.3, 0.4) is 0 Å². The molecule has 0 unspecified atom stereocenters. The molecule has 0 saturated heterocycles. The standard InChI is InChI=1S/C14H32O6P2/c1-7-17-21(15,18-8-2)9-10-22(16,19-11-13(3)4)20-12-14(5)6/h13-14H,7-12H2,1-6H3. The largest absolute Gasteiger partial charge is 0.331 e. The lowest BCUT2D eigenvalue weighted by Crippen LogP contribution is -2.12. The number of rotatable bonds is 13. The smallest absolute Gasteiger partial charge is 0.309 e. The molecule has 134 valence electrons. The van der Waals surface area contributed by atoms with Gasteiger partial charge >= 0.3 is 15.2 Å². The van der Waals surface area contributed by atoms with Crippen molar-refractivity contribution in [3.63, 3.8) is 0 Å². The van der Waals surface area contributed by atoms with E-state index in [1.165, 1.54) is 0 Å². The van der Waals surface area contributed by atoms with E-state index >= 15 is 0 Å². The van der Waals surface area contributed by atoms with Gasteiger partial charge in [-0.1, -0.05) is 27.7 Å². The summed E-state index contributed by atoms with van der Waals surface area (Å²) in [6, 6.07) is 0. The molecule has 0 atom stereocenters.